The fourth-order valence-electron chi connectivity index (χ4n) is 4.75. The lowest BCUT2D eigenvalue weighted by molar-refractivity contribution is -0.192. The van der Waals surface area contributed by atoms with Crippen LogP contribution in [0.2, 0.25) is 0 Å². The predicted molar refractivity (Wildman–Crippen MR) is 106 cm³/mol. The molecular weight excluding hydrogens is 396 g/mol. The molecule has 0 spiro atoms. The molecule has 1 aliphatic rings. The van der Waals surface area contributed by atoms with E-state index in [0.717, 1.165) is 6.26 Å². The first-order valence-electron chi connectivity index (χ1n) is 9.59. The lowest BCUT2D eigenvalue weighted by atomic mass is 9.46. The van der Waals surface area contributed by atoms with Crippen molar-refractivity contribution in [3.05, 3.63) is 38.5 Å². The number of carboxylic acids is 3. The van der Waals surface area contributed by atoms with Gasteiger partial charge in [-0.3, -0.25) is 14.4 Å². The molecule has 9 nitrogen and oxygen atoms in total. The summed E-state index contributed by atoms with van der Waals surface area (Å²) >= 11 is 0. The van der Waals surface area contributed by atoms with Gasteiger partial charge in [0, 0.05) is 5.41 Å². The maximum atomic E-state index is 12.7. The van der Waals surface area contributed by atoms with Crippen LogP contribution in [0.3, 0.4) is 0 Å². The Bertz CT molecular complexity index is 643. The summed E-state index contributed by atoms with van der Waals surface area (Å²) in [6.45, 7) is 10.4. The standard InChI is InChI=1S/C21H30O9/c1-4-28-10-7-20(8-11-29-5-2)16(18(24)25)13-15(17(22)23)14-21(20,19(26)27)9-12-30-6-3/h4-6,15-16H,1-3,7-14H2,(H,22,23)(H,24,25)(H,26,27). The van der Waals surface area contributed by atoms with Crippen LogP contribution in [0.1, 0.15) is 32.1 Å². The van der Waals surface area contributed by atoms with Crippen molar-refractivity contribution in [2.24, 2.45) is 22.7 Å². The summed E-state index contributed by atoms with van der Waals surface area (Å²) < 4.78 is 15.6. The Hall–Kier alpha value is -2.97. The number of carboxylic acid groups (broad SMARTS) is 3. The largest absolute Gasteiger partial charge is 0.502 e. The van der Waals surface area contributed by atoms with Gasteiger partial charge in [0.2, 0.25) is 0 Å². The average Bonchev–Trinajstić information content (AvgIpc) is 2.68. The van der Waals surface area contributed by atoms with Gasteiger partial charge in [0.25, 0.3) is 0 Å². The minimum Gasteiger partial charge on any atom is -0.502 e. The van der Waals surface area contributed by atoms with Gasteiger partial charge in [-0.1, -0.05) is 19.7 Å². The second kappa shape index (κ2) is 11.3. The highest BCUT2D eigenvalue weighted by Gasteiger charge is 2.65. The van der Waals surface area contributed by atoms with E-state index in [0.29, 0.717) is 0 Å². The molecule has 0 aromatic heterocycles. The molecule has 0 bridgehead atoms. The molecule has 168 valence electrons. The number of rotatable bonds is 15. The monoisotopic (exact) mass is 426 g/mol. The molecule has 0 heterocycles. The quantitative estimate of drug-likeness (QED) is 0.266. The Morgan fingerprint density at radius 3 is 1.67 bits per heavy atom. The van der Waals surface area contributed by atoms with Crippen LogP contribution in [0.15, 0.2) is 38.5 Å². The minimum absolute atomic E-state index is 0.0243. The van der Waals surface area contributed by atoms with Gasteiger partial charge in [0.05, 0.1) is 55.9 Å². The molecular formula is C21H30O9. The maximum absolute atomic E-state index is 12.7. The molecule has 1 saturated carbocycles. The molecule has 3 unspecified atom stereocenters. The summed E-state index contributed by atoms with van der Waals surface area (Å²) in [5, 5.41) is 30.0. The summed E-state index contributed by atoms with van der Waals surface area (Å²) in [5.41, 5.74) is -3.05. The van der Waals surface area contributed by atoms with Crippen molar-refractivity contribution in [1.82, 2.24) is 0 Å². The van der Waals surface area contributed by atoms with E-state index in [-0.39, 0.29) is 51.9 Å². The summed E-state index contributed by atoms with van der Waals surface area (Å²) in [7, 11) is 0. The van der Waals surface area contributed by atoms with E-state index in [1.165, 1.54) is 12.5 Å². The Labute approximate surface area is 175 Å². The van der Waals surface area contributed by atoms with Gasteiger partial charge < -0.3 is 29.5 Å². The Morgan fingerprint density at radius 2 is 1.30 bits per heavy atom. The van der Waals surface area contributed by atoms with Gasteiger partial charge >= 0.3 is 17.9 Å². The highest BCUT2D eigenvalue weighted by atomic mass is 16.5. The van der Waals surface area contributed by atoms with Crippen LogP contribution in [-0.2, 0) is 28.6 Å². The van der Waals surface area contributed by atoms with Crippen LogP contribution < -0.4 is 0 Å². The summed E-state index contributed by atoms with van der Waals surface area (Å²) in [5.74, 6) is -6.12. The Kier molecular flexibility index (Phi) is 9.42. The van der Waals surface area contributed by atoms with Gasteiger partial charge in [0.15, 0.2) is 0 Å². The van der Waals surface area contributed by atoms with Crippen molar-refractivity contribution in [1.29, 1.82) is 0 Å². The molecule has 0 amide bonds. The molecule has 3 atom stereocenters. The second-order valence-corrected chi connectivity index (χ2v) is 7.27. The predicted octanol–water partition coefficient (Wildman–Crippen LogP) is 2.89. The van der Waals surface area contributed by atoms with E-state index in [2.05, 4.69) is 19.7 Å². The van der Waals surface area contributed by atoms with E-state index in [1.807, 2.05) is 0 Å². The normalized spacial score (nSPS) is 24.8. The first-order chi connectivity index (χ1) is 14.2. The summed E-state index contributed by atoms with van der Waals surface area (Å²) in [6.07, 6.45) is 3.14. The van der Waals surface area contributed by atoms with Crippen molar-refractivity contribution >= 4 is 17.9 Å². The highest BCUT2D eigenvalue weighted by molar-refractivity contribution is 5.82. The second-order valence-electron chi connectivity index (χ2n) is 7.27. The average molecular weight is 426 g/mol. The molecule has 30 heavy (non-hydrogen) atoms. The summed E-state index contributed by atoms with van der Waals surface area (Å²) in [4.78, 5) is 36.8. The molecule has 0 aliphatic heterocycles. The van der Waals surface area contributed by atoms with Crippen LogP contribution in [-0.4, -0.2) is 53.0 Å². The minimum atomic E-state index is -1.70. The van der Waals surface area contributed by atoms with Crippen molar-refractivity contribution in [3.8, 4) is 0 Å². The topological polar surface area (TPSA) is 140 Å². The molecule has 0 saturated heterocycles. The van der Waals surface area contributed by atoms with E-state index in [4.69, 9.17) is 14.2 Å². The third kappa shape index (κ3) is 5.14. The molecule has 1 rings (SSSR count). The zero-order chi connectivity index (χ0) is 22.8. The number of hydrogen-bond acceptors (Lipinski definition) is 6. The van der Waals surface area contributed by atoms with Gasteiger partial charge in [-0.05, 0) is 32.1 Å². The molecule has 0 aromatic carbocycles. The van der Waals surface area contributed by atoms with Crippen LogP contribution in [0.25, 0.3) is 0 Å². The lowest BCUT2D eigenvalue weighted by Crippen LogP contribution is -2.60. The Balaban J connectivity index is 3.66. The molecule has 0 aromatic rings. The zero-order valence-corrected chi connectivity index (χ0v) is 17.0. The highest BCUT2D eigenvalue weighted by Crippen LogP contribution is 2.61. The molecule has 0 radical (unpaired) electrons. The van der Waals surface area contributed by atoms with Crippen LogP contribution in [0.5, 0.6) is 0 Å². The van der Waals surface area contributed by atoms with E-state index in [1.54, 1.807) is 0 Å². The number of carbonyl (C=O) groups is 3. The molecule has 1 aliphatic carbocycles. The molecule has 9 heteroatoms. The van der Waals surface area contributed by atoms with E-state index in [9.17, 15) is 29.7 Å². The summed E-state index contributed by atoms with van der Waals surface area (Å²) in [6, 6.07) is 0. The lowest BCUT2D eigenvalue weighted by Gasteiger charge is -2.55. The van der Waals surface area contributed by atoms with Gasteiger partial charge in [-0.15, -0.1) is 0 Å². The number of aliphatic carboxylic acids is 3. The van der Waals surface area contributed by atoms with Crippen molar-refractivity contribution in [2.75, 3.05) is 19.8 Å². The van der Waals surface area contributed by atoms with Gasteiger partial charge in [-0.25, -0.2) is 0 Å². The fraction of sp³-hybridized carbons (Fsp3) is 0.571. The van der Waals surface area contributed by atoms with E-state index < -0.39 is 40.6 Å². The number of hydrogen-bond donors (Lipinski definition) is 3. The van der Waals surface area contributed by atoms with Crippen molar-refractivity contribution < 1.29 is 43.9 Å². The third-order valence-corrected chi connectivity index (χ3v) is 6.12. The molecule has 3 N–H and O–H groups in total. The van der Waals surface area contributed by atoms with E-state index >= 15 is 0 Å². The molecule has 1 fully saturated rings. The van der Waals surface area contributed by atoms with Crippen molar-refractivity contribution in [2.45, 2.75) is 32.1 Å². The van der Waals surface area contributed by atoms with Crippen molar-refractivity contribution in [3.63, 3.8) is 0 Å². The van der Waals surface area contributed by atoms with Gasteiger partial charge in [0.1, 0.15) is 0 Å². The van der Waals surface area contributed by atoms with Crippen LogP contribution >= 0.6 is 0 Å². The van der Waals surface area contributed by atoms with Crippen LogP contribution in [0.4, 0.5) is 0 Å². The smallest absolute Gasteiger partial charge is 0.310 e. The first kappa shape index (κ1) is 25.1. The number of ether oxygens (including phenoxy) is 3. The van der Waals surface area contributed by atoms with Crippen LogP contribution in [0, 0.1) is 22.7 Å². The Morgan fingerprint density at radius 1 is 0.833 bits per heavy atom. The SMILES string of the molecule is C=COCCC1(C(=O)O)CC(C(=O)O)CC(C(=O)O)C1(CCOC=C)CCOC=C. The zero-order valence-electron chi connectivity index (χ0n) is 17.0. The maximum Gasteiger partial charge on any atom is 0.310 e. The fourth-order valence-corrected chi connectivity index (χ4v) is 4.75. The third-order valence-electron chi connectivity index (χ3n) is 6.12. The first-order valence-corrected chi connectivity index (χ1v) is 9.59. The van der Waals surface area contributed by atoms with Gasteiger partial charge in [-0.2, -0.15) is 0 Å².